The third-order valence-electron chi connectivity index (χ3n) is 3.32. The number of carbonyl (C=O) groups is 1. The molecule has 78 valence electrons. The summed E-state index contributed by atoms with van der Waals surface area (Å²) in [7, 11) is 0. The molecule has 0 aromatic rings. The van der Waals surface area contributed by atoms with Gasteiger partial charge in [-0.3, -0.25) is 4.79 Å². The van der Waals surface area contributed by atoms with E-state index in [0.29, 0.717) is 18.4 Å². The van der Waals surface area contributed by atoms with E-state index < -0.39 is 0 Å². The number of esters is 1. The second kappa shape index (κ2) is 4.16. The average Bonchev–Trinajstić information content (AvgIpc) is 2.79. The lowest BCUT2D eigenvalue weighted by Gasteiger charge is -2.16. The zero-order valence-electron chi connectivity index (χ0n) is 8.74. The molecule has 3 atom stereocenters. The van der Waals surface area contributed by atoms with Crippen LogP contribution in [0.4, 0.5) is 0 Å². The summed E-state index contributed by atoms with van der Waals surface area (Å²) in [5.74, 6) is 1.34. The maximum atomic E-state index is 11.7. The Kier molecular flexibility index (Phi) is 2.90. The van der Waals surface area contributed by atoms with E-state index in [4.69, 9.17) is 4.74 Å². The first-order valence-corrected chi connectivity index (χ1v) is 5.66. The maximum absolute atomic E-state index is 11.7. The summed E-state index contributed by atoms with van der Waals surface area (Å²) >= 11 is 0. The van der Waals surface area contributed by atoms with Crippen LogP contribution in [0.25, 0.3) is 0 Å². The predicted molar refractivity (Wildman–Crippen MR) is 54.7 cm³/mol. The van der Waals surface area contributed by atoms with Crippen molar-refractivity contribution in [1.82, 2.24) is 0 Å². The SMILES string of the molecule is CCCCOC(=O)[C@@H]1C[C@H]2C=C[C@@H]1C2. The van der Waals surface area contributed by atoms with Gasteiger partial charge in [0.15, 0.2) is 0 Å². The molecule has 2 nitrogen and oxygen atoms in total. The van der Waals surface area contributed by atoms with Gasteiger partial charge in [0, 0.05) is 0 Å². The number of ether oxygens (including phenoxy) is 1. The molecule has 0 aromatic carbocycles. The van der Waals surface area contributed by atoms with E-state index in [1.165, 1.54) is 6.42 Å². The van der Waals surface area contributed by atoms with Gasteiger partial charge in [0.25, 0.3) is 0 Å². The third-order valence-corrected chi connectivity index (χ3v) is 3.32. The molecule has 0 N–H and O–H groups in total. The van der Waals surface area contributed by atoms with Crippen LogP contribution < -0.4 is 0 Å². The van der Waals surface area contributed by atoms with Crippen molar-refractivity contribution in [3.63, 3.8) is 0 Å². The van der Waals surface area contributed by atoms with Gasteiger partial charge in [-0.15, -0.1) is 0 Å². The van der Waals surface area contributed by atoms with Gasteiger partial charge in [-0.05, 0) is 31.1 Å². The highest BCUT2D eigenvalue weighted by atomic mass is 16.5. The Morgan fingerprint density at radius 1 is 1.43 bits per heavy atom. The first kappa shape index (κ1) is 9.75. The van der Waals surface area contributed by atoms with Gasteiger partial charge < -0.3 is 4.74 Å². The first-order valence-electron chi connectivity index (χ1n) is 5.66. The molecule has 0 saturated heterocycles. The summed E-state index contributed by atoms with van der Waals surface area (Å²) in [4.78, 5) is 11.7. The summed E-state index contributed by atoms with van der Waals surface area (Å²) < 4.78 is 5.25. The van der Waals surface area contributed by atoms with Crippen molar-refractivity contribution in [2.24, 2.45) is 17.8 Å². The highest BCUT2D eigenvalue weighted by Crippen LogP contribution is 2.43. The van der Waals surface area contributed by atoms with Crippen LogP contribution in [0.5, 0.6) is 0 Å². The molecule has 2 rings (SSSR count). The largest absolute Gasteiger partial charge is 0.465 e. The summed E-state index contributed by atoms with van der Waals surface area (Å²) in [6, 6.07) is 0. The van der Waals surface area contributed by atoms with Crippen molar-refractivity contribution in [3.8, 4) is 0 Å². The van der Waals surface area contributed by atoms with E-state index in [2.05, 4.69) is 19.1 Å². The zero-order chi connectivity index (χ0) is 9.97. The van der Waals surface area contributed by atoms with E-state index in [1.807, 2.05) is 0 Å². The predicted octanol–water partition coefficient (Wildman–Crippen LogP) is 2.54. The molecule has 0 heterocycles. The van der Waals surface area contributed by atoms with Crippen LogP contribution in [0, 0.1) is 17.8 Å². The van der Waals surface area contributed by atoms with Gasteiger partial charge in [-0.2, -0.15) is 0 Å². The average molecular weight is 194 g/mol. The quantitative estimate of drug-likeness (QED) is 0.390. The lowest BCUT2D eigenvalue weighted by molar-refractivity contribution is -0.149. The lowest BCUT2D eigenvalue weighted by Crippen LogP contribution is -2.21. The minimum absolute atomic E-state index is 0.0373. The molecule has 2 aliphatic rings. The molecular formula is C12H18O2. The Bertz CT molecular complexity index is 245. The van der Waals surface area contributed by atoms with E-state index in [9.17, 15) is 4.79 Å². The number of fused-ring (bicyclic) bond motifs is 2. The molecule has 2 bridgehead atoms. The fourth-order valence-electron chi connectivity index (χ4n) is 2.48. The normalized spacial score (nSPS) is 33.6. The summed E-state index contributed by atoms with van der Waals surface area (Å²) in [5, 5.41) is 0. The van der Waals surface area contributed by atoms with Gasteiger partial charge in [-0.25, -0.2) is 0 Å². The molecule has 0 amide bonds. The highest BCUT2D eigenvalue weighted by molar-refractivity contribution is 5.74. The van der Waals surface area contributed by atoms with Crippen LogP contribution in [0.3, 0.4) is 0 Å². The fraction of sp³-hybridized carbons (Fsp3) is 0.750. The fourth-order valence-corrected chi connectivity index (χ4v) is 2.48. The van der Waals surface area contributed by atoms with Gasteiger partial charge in [-0.1, -0.05) is 25.5 Å². The molecule has 0 unspecified atom stereocenters. The Labute approximate surface area is 85.3 Å². The number of allylic oxidation sites excluding steroid dienone is 2. The monoisotopic (exact) mass is 194 g/mol. The summed E-state index contributed by atoms with van der Waals surface area (Å²) in [5.41, 5.74) is 0. The molecule has 0 radical (unpaired) electrons. The molecule has 1 fully saturated rings. The Balaban J connectivity index is 1.79. The number of rotatable bonds is 4. The Hall–Kier alpha value is -0.790. The molecule has 2 heteroatoms. The number of hydrogen-bond acceptors (Lipinski definition) is 2. The second-order valence-electron chi connectivity index (χ2n) is 4.41. The topological polar surface area (TPSA) is 26.3 Å². The maximum Gasteiger partial charge on any atom is 0.309 e. The van der Waals surface area contributed by atoms with Crippen molar-refractivity contribution in [2.75, 3.05) is 6.61 Å². The van der Waals surface area contributed by atoms with Gasteiger partial charge in [0.2, 0.25) is 0 Å². The standard InChI is InChI=1S/C12H18O2/c1-2-3-6-14-12(13)11-8-9-4-5-10(11)7-9/h4-5,9-11H,2-3,6-8H2,1H3/t9-,10+,11+/m0/s1. The van der Waals surface area contributed by atoms with E-state index in [0.717, 1.165) is 19.3 Å². The zero-order valence-corrected chi connectivity index (χ0v) is 8.74. The van der Waals surface area contributed by atoms with Crippen LogP contribution in [0.2, 0.25) is 0 Å². The molecule has 0 aliphatic heterocycles. The van der Waals surface area contributed by atoms with Crippen molar-refractivity contribution in [3.05, 3.63) is 12.2 Å². The number of unbranched alkanes of at least 4 members (excludes halogenated alkanes) is 1. The third kappa shape index (κ3) is 1.84. The van der Waals surface area contributed by atoms with E-state index in [1.54, 1.807) is 0 Å². The van der Waals surface area contributed by atoms with Crippen LogP contribution in [-0.4, -0.2) is 12.6 Å². The first-order chi connectivity index (χ1) is 6.81. The van der Waals surface area contributed by atoms with Crippen molar-refractivity contribution in [1.29, 1.82) is 0 Å². The van der Waals surface area contributed by atoms with E-state index >= 15 is 0 Å². The molecular weight excluding hydrogens is 176 g/mol. The smallest absolute Gasteiger partial charge is 0.309 e. The van der Waals surface area contributed by atoms with Crippen LogP contribution in [0.15, 0.2) is 12.2 Å². The van der Waals surface area contributed by atoms with E-state index in [-0.39, 0.29) is 11.9 Å². The molecule has 2 aliphatic carbocycles. The molecule has 0 spiro atoms. The van der Waals surface area contributed by atoms with Crippen LogP contribution in [-0.2, 0) is 9.53 Å². The minimum Gasteiger partial charge on any atom is -0.465 e. The Morgan fingerprint density at radius 2 is 2.29 bits per heavy atom. The van der Waals surface area contributed by atoms with Crippen LogP contribution in [0.1, 0.15) is 32.6 Å². The number of hydrogen-bond donors (Lipinski definition) is 0. The molecule has 1 saturated carbocycles. The van der Waals surface area contributed by atoms with Gasteiger partial charge in [0.1, 0.15) is 0 Å². The molecule has 0 aromatic heterocycles. The summed E-state index contributed by atoms with van der Waals surface area (Å²) in [6.07, 6.45) is 8.71. The lowest BCUT2D eigenvalue weighted by atomic mass is 9.94. The highest BCUT2D eigenvalue weighted by Gasteiger charge is 2.40. The summed E-state index contributed by atoms with van der Waals surface area (Å²) in [6.45, 7) is 2.71. The van der Waals surface area contributed by atoms with Crippen LogP contribution >= 0.6 is 0 Å². The Morgan fingerprint density at radius 3 is 2.86 bits per heavy atom. The second-order valence-corrected chi connectivity index (χ2v) is 4.41. The van der Waals surface area contributed by atoms with Gasteiger partial charge >= 0.3 is 5.97 Å². The molecule has 14 heavy (non-hydrogen) atoms. The van der Waals surface area contributed by atoms with Gasteiger partial charge in [0.05, 0.1) is 12.5 Å². The van der Waals surface area contributed by atoms with Crippen molar-refractivity contribution in [2.45, 2.75) is 32.6 Å². The minimum atomic E-state index is 0.0373. The number of carbonyl (C=O) groups excluding carboxylic acids is 1. The van der Waals surface area contributed by atoms with Crippen molar-refractivity contribution >= 4 is 5.97 Å². The van der Waals surface area contributed by atoms with Crippen molar-refractivity contribution < 1.29 is 9.53 Å².